The second-order valence-corrected chi connectivity index (χ2v) is 5.16. The van der Waals surface area contributed by atoms with Gasteiger partial charge in [-0.05, 0) is 31.0 Å². The summed E-state index contributed by atoms with van der Waals surface area (Å²) in [4.78, 5) is 13.5. The standard InChI is InChI=1S/C14H18N2OS/c1-3-8-16-12(13-5-4-9-18-13)7-6-11(10-15-2)14(16)17/h4-7,9,15H,3,8,10H2,1-2H3. The molecule has 0 bridgehead atoms. The van der Waals surface area contributed by atoms with Crippen molar-refractivity contribution < 1.29 is 0 Å². The molecule has 0 saturated carbocycles. The molecule has 0 aliphatic carbocycles. The van der Waals surface area contributed by atoms with Gasteiger partial charge in [-0.25, -0.2) is 0 Å². The van der Waals surface area contributed by atoms with Gasteiger partial charge in [-0.2, -0.15) is 0 Å². The summed E-state index contributed by atoms with van der Waals surface area (Å²) in [6.07, 6.45) is 0.960. The van der Waals surface area contributed by atoms with Crippen molar-refractivity contribution in [1.29, 1.82) is 0 Å². The second kappa shape index (κ2) is 5.98. The summed E-state index contributed by atoms with van der Waals surface area (Å²) in [6, 6.07) is 8.06. The molecular formula is C14H18N2OS. The number of aromatic nitrogens is 1. The molecule has 4 heteroatoms. The summed E-state index contributed by atoms with van der Waals surface area (Å²) in [7, 11) is 1.86. The molecule has 0 aromatic carbocycles. The highest BCUT2D eigenvalue weighted by Crippen LogP contribution is 2.23. The van der Waals surface area contributed by atoms with E-state index in [4.69, 9.17) is 0 Å². The Labute approximate surface area is 111 Å². The summed E-state index contributed by atoms with van der Waals surface area (Å²) in [5.74, 6) is 0. The van der Waals surface area contributed by atoms with Crippen LogP contribution in [-0.4, -0.2) is 11.6 Å². The minimum atomic E-state index is 0.122. The number of hydrogen-bond acceptors (Lipinski definition) is 3. The molecule has 0 spiro atoms. The maximum absolute atomic E-state index is 12.4. The molecule has 0 saturated heterocycles. The Bertz CT molecular complexity index is 558. The van der Waals surface area contributed by atoms with Crippen LogP contribution in [0.15, 0.2) is 34.4 Å². The molecule has 1 N–H and O–H groups in total. The number of thiophene rings is 1. The van der Waals surface area contributed by atoms with E-state index in [1.54, 1.807) is 11.3 Å². The third kappa shape index (κ3) is 2.54. The van der Waals surface area contributed by atoms with Gasteiger partial charge in [0.25, 0.3) is 5.56 Å². The molecule has 0 aliphatic rings. The summed E-state index contributed by atoms with van der Waals surface area (Å²) in [5, 5.41) is 5.08. The Morgan fingerprint density at radius 2 is 2.17 bits per heavy atom. The van der Waals surface area contributed by atoms with Crippen LogP contribution < -0.4 is 10.9 Å². The van der Waals surface area contributed by atoms with Crippen LogP contribution in [0.1, 0.15) is 18.9 Å². The van der Waals surface area contributed by atoms with Crippen molar-refractivity contribution in [3.63, 3.8) is 0 Å². The third-order valence-electron chi connectivity index (χ3n) is 2.84. The molecule has 2 heterocycles. The molecule has 96 valence electrons. The van der Waals surface area contributed by atoms with Crippen LogP contribution in [-0.2, 0) is 13.1 Å². The van der Waals surface area contributed by atoms with Gasteiger partial charge >= 0.3 is 0 Å². The molecule has 18 heavy (non-hydrogen) atoms. The molecule has 0 fully saturated rings. The lowest BCUT2D eigenvalue weighted by atomic mass is 10.2. The van der Waals surface area contributed by atoms with Crippen molar-refractivity contribution in [1.82, 2.24) is 9.88 Å². The molecular weight excluding hydrogens is 244 g/mol. The zero-order chi connectivity index (χ0) is 13.0. The Morgan fingerprint density at radius 3 is 2.78 bits per heavy atom. The van der Waals surface area contributed by atoms with Crippen LogP contribution in [0.4, 0.5) is 0 Å². The van der Waals surface area contributed by atoms with Gasteiger partial charge < -0.3 is 9.88 Å². The SMILES string of the molecule is CCCn1c(-c2cccs2)ccc(CNC)c1=O. The molecule has 0 unspecified atom stereocenters. The average molecular weight is 262 g/mol. The summed E-state index contributed by atoms with van der Waals surface area (Å²) >= 11 is 1.67. The van der Waals surface area contributed by atoms with E-state index in [-0.39, 0.29) is 5.56 Å². The lowest BCUT2D eigenvalue weighted by Crippen LogP contribution is -2.27. The molecule has 0 atom stereocenters. The highest BCUT2D eigenvalue weighted by Gasteiger charge is 2.10. The Balaban J connectivity index is 2.54. The normalized spacial score (nSPS) is 10.8. The largest absolute Gasteiger partial charge is 0.315 e. The highest BCUT2D eigenvalue weighted by molar-refractivity contribution is 7.13. The molecule has 0 radical (unpaired) electrons. The molecule has 2 rings (SSSR count). The van der Waals surface area contributed by atoms with E-state index in [1.807, 2.05) is 29.1 Å². The monoisotopic (exact) mass is 262 g/mol. The number of pyridine rings is 1. The van der Waals surface area contributed by atoms with Crippen LogP contribution >= 0.6 is 11.3 Å². The molecule has 2 aromatic heterocycles. The highest BCUT2D eigenvalue weighted by atomic mass is 32.1. The van der Waals surface area contributed by atoms with Crippen molar-refractivity contribution in [2.24, 2.45) is 0 Å². The van der Waals surface area contributed by atoms with E-state index in [0.717, 1.165) is 29.1 Å². The lowest BCUT2D eigenvalue weighted by molar-refractivity contribution is 0.648. The quantitative estimate of drug-likeness (QED) is 0.899. The predicted molar refractivity (Wildman–Crippen MR) is 77.1 cm³/mol. The van der Waals surface area contributed by atoms with Crippen LogP contribution in [0.5, 0.6) is 0 Å². The van der Waals surface area contributed by atoms with E-state index in [0.29, 0.717) is 6.54 Å². The van der Waals surface area contributed by atoms with Gasteiger partial charge in [0.1, 0.15) is 0 Å². The maximum atomic E-state index is 12.4. The summed E-state index contributed by atoms with van der Waals surface area (Å²) in [5.41, 5.74) is 1.97. The first-order chi connectivity index (χ1) is 8.77. The van der Waals surface area contributed by atoms with Crippen molar-refractivity contribution in [2.45, 2.75) is 26.4 Å². The average Bonchev–Trinajstić information content (AvgIpc) is 2.88. The van der Waals surface area contributed by atoms with Gasteiger partial charge in [-0.15, -0.1) is 11.3 Å². The van der Waals surface area contributed by atoms with E-state index in [9.17, 15) is 4.79 Å². The zero-order valence-corrected chi connectivity index (χ0v) is 11.6. The predicted octanol–water partition coefficient (Wildman–Crippen LogP) is 2.71. The molecule has 2 aromatic rings. The Hall–Kier alpha value is -1.39. The minimum Gasteiger partial charge on any atom is -0.315 e. The van der Waals surface area contributed by atoms with Gasteiger partial charge in [0.15, 0.2) is 0 Å². The van der Waals surface area contributed by atoms with E-state index < -0.39 is 0 Å². The first kappa shape index (κ1) is 13.1. The van der Waals surface area contributed by atoms with Crippen molar-refractivity contribution in [3.05, 3.63) is 45.6 Å². The van der Waals surface area contributed by atoms with Crippen molar-refractivity contribution in [3.8, 4) is 10.6 Å². The van der Waals surface area contributed by atoms with E-state index >= 15 is 0 Å². The lowest BCUT2D eigenvalue weighted by Gasteiger charge is -2.12. The molecule has 0 aliphatic heterocycles. The van der Waals surface area contributed by atoms with Gasteiger partial charge in [0, 0.05) is 18.7 Å². The Morgan fingerprint density at radius 1 is 1.33 bits per heavy atom. The summed E-state index contributed by atoms with van der Waals surface area (Å²) < 4.78 is 1.89. The second-order valence-electron chi connectivity index (χ2n) is 4.21. The van der Waals surface area contributed by atoms with Crippen molar-refractivity contribution >= 4 is 11.3 Å². The summed E-state index contributed by atoms with van der Waals surface area (Å²) in [6.45, 7) is 3.48. The number of rotatable bonds is 5. The van der Waals surface area contributed by atoms with Crippen LogP contribution in [0.3, 0.4) is 0 Å². The number of nitrogens with one attached hydrogen (secondary N) is 1. The number of hydrogen-bond donors (Lipinski definition) is 1. The number of nitrogens with zero attached hydrogens (tertiary/aromatic N) is 1. The van der Waals surface area contributed by atoms with Crippen LogP contribution in [0.25, 0.3) is 10.6 Å². The van der Waals surface area contributed by atoms with E-state index in [2.05, 4.69) is 24.4 Å². The molecule has 3 nitrogen and oxygen atoms in total. The van der Waals surface area contributed by atoms with Gasteiger partial charge in [-0.3, -0.25) is 4.79 Å². The topological polar surface area (TPSA) is 34.0 Å². The molecule has 0 amide bonds. The fourth-order valence-electron chi connectivity index (χ4n) is 2.03. The van der Waals surface area contributed by atoms with Gasteiger partial charge in [-0.1, -0.05) is 19.1 Å². The maximum Gasteiger partial charge on any atom is 0.255 e. The van der Waals surface area contributed by atoms with Gasteiger partial charge in [0.2, 0.25) is 0 Å². The first-order valence-corrected chi connectivity index (χ1v) is 7.07. The van der Waals surface area contributed by atoms with Gasteiger partial charge in [0.05, 0.1) is 10.6 Å². The third-order valence-corrected chi connectivity index (χ3v) is 3.73. The fraction of sp³-hybridized carbons (Fsp3) is 0.357. The van der Waals surface area contributed by atoms with Crippen LogP contribution in [0.2, 0.25) is 0 Å². The van der Waals surface area contributed by atoms with Crippen molar-refractivity contribution in [2.75, 3.05) is 7.05 Å². The van der Waals surface area contributed by atoms with Crippen LogP contribution in [0, 0.1) is 0 Å². The zero-order valence-electron chi connectivity index (χ0n) is 10.8. The minimum absolute atomic E-state index is 0.122. The van der Waals surface area contributed by atoms with E-state index in [1.165, 1.54) is 0 Å². The Kier molecular flexibility index (Phi) is 4.33. The smallest absolute Gasteiger partial charge is 0.255 e. The first-order valence-electron chi connectivity index (χ1n) is 6.19. The fourth-order valence-corrected chi connectivity index (χ4v) is 2.79.